The number of rotatable bonds is 20. The van der Waals surface area contributed by atoms with E-state index in [0.717, 1.165) is 16.9 Å². The van der Waals surface area contributed by atoms with Gasteiger partial charge in [0.05, 0.1) is 37.1 Å². The predicted octanol–water partition coefficient (Wildman–Crippen LogP) is 1.68. The van der Waals surface area contributed by atoms with Crippen molar-refractivity contribution < 1.29 is 47.7 Å². The molecule has 0 spiro atoms. The normalized spacial score (nSPS) is 14.1. The lowest BCUT2D eigenvalue weighted by Crippen LogP contribution is -2.60. The van der Waals surface area contributed by atoms with Crippen molar-refractivity contribution >= 4 is 46.8 Å². The van der Waals surface area contributed by atoms with Crippen LogP contribution in [-0.4, -0.2) is 98.2 Å². The van der Waals surface area contributed by atoms with Gasteiger partial charge in [-0.25, -0.2) is 4.98 Å². The molecule has 47 heavy (non-hydrogen) atoms. The van der Waals surface area contributed by atoms with Gasteiger partial charge in [-0.1, -0.05) is 37.3 Å². The van der Waals surface area contributed by atoms with E-state index in [4.69, 9.17) is 18.9 Å². The number of carbonyl (C=O) groups excluding carboxylic acids is 6. The summed E-state index contributed by atoms with van der Waals surface area (Å²) in [5.74, 6) is -3.68. The first-order valence-corrected chi connectivity index (χ1v) is 15.9. The molecule has 0 unspecified atom stereocenters. The monoisotopic (exact) mass is 676 g/mol. The molecule has 0 radical (unpaired) electrons. The zero-order valence-electron chi connectivity index (χ0n) is 27.6. The molecule has 1 aromatic carbocycles. The maximum atomic E-state index is 14.0. The summed E-state index contributed by atoms with van der Waals surface area (Å²) in [7, 11) is 2.70. The van der Waals surface area contributed by atoms with Crippen LogP contribution in [0.15, 0.2) is 36.5 Å². The lowest BCUT2D eigenvalue weighted by atomic mass is 9.88. The van der Waals surface area contributed by atoms with Crippen molar-refractivity contribution in [3.63, 3.8) is 0 Å². The second kappa shape index (κ2) is 19.5. The van der Waals surface area contributed by atoms with Gasteiger partial charge in [0.2, 0.25) is 11.8 Å². The minimum absolute atomic E-state index is 0.0281. The average Bonchev–Trinajstić information content (AvgIpc) is 3.48. The molecule has 258 valence electrons. The number of esters is 2. The molecule has 0 saturated heterocycles. The highest BCUT2D eigenvalue weighted by molar-refractivity contribution is 7.13. The molecule has 3 amide bonds. The maximum absolute atomic E-state index is 14.0. The molecule has 0 bridgehead atoms. The third-order valence-corrected chi connectivity index (χ3v) is 7.96. The highest BCUT2D eigenvalue weighted by atomic mass is 32.1. The highest BCUT2D eigenvalue weighted by Gasteiger charge is 2.41. The second-order valence-electron chi connectivity index (χ2n) is 10.9. The standard InChI is InChI=1S/C32H44N4O10S/c1-7-32(4,46-27(38)14-11-15-45-21(3)37)28(39)23(16-22-12-9-8-10-13-22)34-29(40)24(18-43-5)35-30(41)25(19-44-6)36-31(42)26-17-33-20(2)47-26/h8-10,12-13,17,23-25H,7,11,14-16,18-19H2,1-6H3,(H,34,40)(H,35,41)(H,36,42)/t23-,24-,25-,32+/m0/s1. The molecule has 0 aliphatic heterocycles. The Hall–Kier alpha value is -4.21. The van der Waals surface area contributed by atoms with E-state index in [9.17, 15) is 28.8 Å². The summed E-state index contributed by atoms with van der Waals surface area (Å²) in [6.45, 7) is 5.74. The number of hydrogen-bond donors (Lipinski definition) is 3. The fourth-order valence-electron chi connectivity index (χ4n) is 4.40. The van der Waals surface area contributed by atoms with Gasteiger partial charge in [0.15, 0.2) is 11.4 Å². The number of carbonyl (C=O) groups is 6. The molecule has 0 fully saturated rings. The first kappa shape index (κ1) is 39.0. The van der Waals surface area contributed by atoms with Crippen LogP contribution in [0.5, 0.6) is 0 Å². The molecule has 2 rings (SSSR count). The van der Waals surface area contributed by atoms with Gasteiger partial charge >= 0.3 is 11.9 Å². The zero-order valence-corrected chi connectivity index (χ0v) is 28.4. The molecule has 3 N–H and O–H groups in total. The summed E-state index contributed by atoms with van der Waals surface area (Å²) in [6, 6.07) is 5.36. The quantitative estimate of drug-likeness (QED) is 0.137. The fraction of sp³-hybridized carbons (Fsp3) is 0.531. The van der Waals surface area contributed by atoms with Crippen molar-refractivity contribution in [2.24, 2.45) is 0 Å². The van der Waals surface area contributed by atoms with E-state index in [0.29, 0.717) is 9.88 Å². The van der Waals surface area contributed by atoms with Gasteiger partial charge in [-0.15, -0.1) is 11.3 Å². The second-order valence-corrected chi connectivity index (χ2v) is 12.1. The predicted molar refractivity (Wildman–Crippen MR) is 172 cm³/mol. The number of hydrogen-bond acceptors (Lipinski definition) is 12. The number of aryl methyl sites for hydroxylation is 1. The molecule has 0 aliphatic carbocycles. The smallest absolute Gasteiger partial charge is 0.306 e. The first-order valence-electron chi connectivity index (χ1n) is 15.1. The Bertz CT molecular complexity index is 1370. The molecule has 2 aromatic rings. The topological polar surface area (TPSA) is 188 Å². The molecule has 4 atom stereocenters. The van der Waals surface area contributed by atoms with Crippen LogP contribution in [0.4, 0.5) is 0 Å². The molecule has 0 aliphatic rings. The number of ether oxygens (including phenoxy) is 4. The van der Waals surface area contributed by atoms with E-state index < -0.39 is 59.2 Å². The summed E-state index contributed by atoms with van der Waals surface area (Å²) in [5.41, 5.74) is -0.875. The van der Waals surface area contributed by atoms with Crippen molar-refractivity contribution in [3.05, 3.63) is 52.0 Å². The van der Waals surface area contributed by atoms with Crippen molar-refractivity contribution in [1.82, 2.24) is 20.9 Å². The molecule has 0 saturated carbocycles. The number of ketones is 1. The van der Waals surface area contributed by atoms with Crippen LogP contribution >= 0.6 is 11.3 Å². The minimum Gasteiger partial charge on any atom is -0.466 e. The number of Topliss-reactive ketones (excluding diaryl/α,β-unsaturated/α-hetero) is 1. The third-order valence-electron chi connectivity index (χ3n) is 7.05. The van der Waals surface area contributed by atoms with Crippen LogP contribution in [0.3, 0.4) is 0 Å². The highest BCUT2D eigenvalue weighted by Crippen LogP contribution is 2.22. The zero-order chi connectivity index (χ0) is 35.0. The van der Waals surface area contributed by atoms with Gasteiger partial charge in [-0.3, -0.25) is 28.8 Å². The van der Waals surface area contributed by atoms with Gasteiger partial charge in [0.25, 0.3) is 5.91 Å². The summed E-state index contributed by atoms with van der Waals surface area (Å²) >= 11 is 1.16. The molecular weight excluding hydrogens is 632 g/mol. The van der Waals surface area contributed by atoms with E-state index in [-0.39, 0.29) is 45.5 Å². The summed E-state index contributed by atoms with van der Waals surface area (Å²) < 4.78 is 20.8. The Morgan fingerprint density at radius 3 is 2.04 bits per heavy atom. The maximum Gasteiger partial charge on any atom is 0.306 e. The van der Waals surface area contributed by atoms with Crippen molar-refractivity contribution in [1.29, 1.82) is 0 Å². The average molecular weight is 677 g/mol. The van der Waals surface area contributed by atoms with Gasteiger partial charge in [-0.05, 0) is 38.7 Å². The van der Waals surface area contributed by atoms with Crippen LogP contribution in [0, 0.1) is 6.92 Å². The number of thiazole rings is 1. The van der Waals surface area contributed by atoms with E-state index in [1.165, 1.54) is 34.3 Å². The number of aromatic nitrogens is 1. The van der Waals surface area contributed by atoms with Crippen molar-refractivity contribution in [3.8, 4) is 0 Å². The fourth-order valence-corrected chi connectivity index (χ4v) is 5.08. The lowest BCUT2D eigenvalue weighted by Gasteiger charge is -2.32. The number of benzene rings is 1. The van der Waals surface area contributed by atoms with Gasteiger partial charge < -0.3 is 34.9 Å². The SMILES string of the molecule is CC[C@@](C)(OC(=O)CCCOC(C)=O)C(=O)[C@H](Cc1ccccc1)NC(=O)[C@H](COC)NC(=O)[C@H](COC)NC(=O)c1cnc(C)s1. The molecule has 1 heterocycles. The Labute approximate surface area is 278 Å². The van der Waals surface area contributed by atoms with Gasteiger partial charge in [0.1, 0.15) is 17.0 Å². The number of nitrogens with zero attached hydrogens (tertiary/aromatic N) is 1. The minimum atomic E-state index is -1.60. The van der Waals surface area contributed by atoms with Crippen LogP contribution in [0.1, 0.15) is 60.3 Å². The van der Waals surface area contributed by atoms with Crippen LogP contribution in [0.2, 0.25) is 0 Å². The number of amides is 3. The lowest BCUT2D eigenvalue weighted by molar-refractivity contribution is -0.167. The third kappa shape index (κ3) is 12.8. The van der Waals surface area contributed by atoms with Gasteiger partial charge in [0, 0.05) is 27.6 Å². The molecule has 15 heteroatoms. The Balaban J connectivity index is 2.24. The number of methoxy groups -OCH3 is 2. The van der Waals surface area contributed by atoms with Crippen molar-refractivity contribution in [2.45, 2.75) is 77.1 Å². The van der Waals surface area contributed by atoms with E-state index >= 15 is 0 Å². The van der Waals surface area contributed by atoms with Gasteiger partial charge in [-0.2, -0.15) is 0 Å². The van der Waals surface area contributed by atoms with Crippen LogP contribution in [-0.2, 0) is 49.3 Å². The molecular formula is C32H44N4O10S. The molecule has 1 aromatic heterocycles. The largest absolute Gasteiger partial charge is 0.466 e. The summed E-state index contributed by atoms with van der Waals surface area (Å²) in [4.78, 5) is 81.6. The summed E-state index contributed by atoms with van der Waals surface area (Å²) in [6.07, 6.45) is 1.69. The first-order chi connectivity index (χ1) is 22.3. The van der Waals surface area contributed by atoms with E-state index in [2.05, 4.69) is 20.9 Å². The Morgan fingerprint density at radius 2 is 1.51 bits per heavy atom. The summed E-state index contributed by atoms with van der Waals surface area (Å²) in [5, 5.41) is 8.56. The van der Waals surface area contributed by atoms with Crippen molar-refractivity contribution in [2.75, 3.05) is 34.0 Å². The Kier molecular flexibility index (Phi) is 16.1. The number of nitrogens with one attached hydrogen (secondary N) is 3. The molecule has 14 nitrogen and oxygen atoms in total. The van der Waals surface area contributed by atoms with Crippen LogP contribution in [0.25, 0.3) is 0 Å². The van der Waals surface area contributed by atoms with Crippen LogP contribution < -0.4 is 16.0 Å². The Morgan fingerprint density at radius 1 is 0.915 bits per heavy atom. The van der Waals surface area contributed by atoms with E-state index in [1.54, 1.807) is 38.1 Å². The van der Waals surface area contributed by atoms with E-state index in [1.807, 2.05) is 6.07 Å².